The molecule has 162 valence electrons. The number of morpholine rings is 1. The molecule has 2 aromatic rings. The summed E-state index contributed by atoms with van der Waals surface area (Å²) in [6.07, 6.45) is 4.53. The fourth-order valence-corrected chi connectivity index (χ4v) is 3.72. The second-order valence-electron chi connectivity index (χ2n) is 7.90. The van der Waals surface area contributed by atoms with Gasteiger partial charge in [0.2, 0.25) is 0 Å². The number of anilines is 1. The van der Waals surface area contributed by atoms with Crippen LogP contribution in [0.25, 0.3) is 0 Å². The summed E-state index contributed by atoms with van der Waals surface area (Å²) in [5.74, 6) is 1.86. The first-order valence-corrected chi connectivity index (χ1v) is 11.1. The van der Waals surface area contributed by atoms with E-state index in [1.807, 2.05) is 6.20 Å². The molecule has 1 aliphatic heterocycles. The zero-order chi connectivity index (χ0) is 21.2. The Hall–Kier alpha value is -2.60. The van der Waals surface area contributed by atoms with Crippen molar-refractivity contribution in [1.82, 2.24) is 15.6 Å². The van der Waals surface area contributed by atoms with Gasteiger partial charge in [0.15, 0.2) is 5.96 Å². The maximum absolute atomic E-state index is 5.81. The predicted octanol–water partition coefficient (Wildman–Crippen LogP) is 3.38. The summed E-state index contributed by atoms with van der Waals surface area (Å²) < 4.78 is 5.81. The highest BCUT2D eigenvalue weighted by atomic mass is 16.5. The van der Waals surface area contributed by atoms with Crippen LogP contribution < -0.4 is 15.5 Å². The molecule has 0 bridgehead atoms. The highest BCUT2D eigenvalue weighted by Gasteiger charge is 2.22. The lowest BCUT2D eigenvalue weighted by Crippen LogP contribution is -2.45. The fourth-order valence-electron chi connectivity index (χ4n) is 3.72. The van der Waals surface area contributed by atoms with Crippen molar-refractivity contribution in [2.45, 2.75) is 52.4 Å². The van der Waals surface area contributed by atoms with Gasteiger partial charge in [0.25, 0.3) is 0 Å². The van der Waals surface area contributed by atoms with Gasteiger partial charge in [0.1, 0.15) is 5.82 Å². The van der Waals surface area contributed by atoms with E-state index in [1.54, 1.807) is 0 Å². The minimum absolute atomic E-state index is 0.232. The minimum atomic E-state index is 0.232. The summed E-state index contributed by atoms with van der Waals surface area (Å²) in [6.45, 7) is 10.4. The molecule has 0 radical (unpaired) electrons. The third-order valence-corrected chi connectivity index (χ3v) is 5.09. The van der Waals surface area contributed by atoms with Gasteiger partial charge in [-0.1, -0.05) is 36.4 Å². The predicted molar refractivity (Wildman–Crippen MR) is 124 cm³/mol. The van der Waals surface area contributed by atoms with Gasteiger partial charge in [-0.3, -0.25) is 0 Å². The Balaban J connectivity index is 1.48. The van der Waals surface area contributed by atoms with Crippen LogP contribution in [0.5, 0.6) is 0 Å². The summed E-state index contributed by atoms with van der Waals surface area (Å²) in [5, 5.41) is 6.75. The summed E-state index contributed by atoms with van der Waals surface area (Å²) in [5.41, 5.74) is 2.48. The number of aromatic nitrogens is 1. The number of hydrogen-bond donors (Lipinski definition) is 2. The Morgan fingerprint density at radius 3 is 2.50 bits per heavy atom. The first kappa shape index (κ1) is 22.1. The number of aryl methyl sites for hydroxylation is 1. The Labute approximate surface area is 180 Å². The number of hydrogen-bond acceptors (Lipinski definition) is 4. The number of benzene rings is 1. The first-order valence-electron chi connectivity index (χ1n) is 11.1. The summed E-state index contributed by atoms with van der Waals surface area (Å²) in [7, 11) is 0. The third kappa shape index (κ3) is 7.02. The molecule has 0 spiro atoms. The van der Waals surface area contributed by atoms with Crippen LogP contribution in [0.2, 0.25) is 0 Å². The average Bonchev–Trinajstić information content (AvgIpc) is 2.75. The molecule has 30 heavy (non-hydrogen) atoms. The van der Waals surface area contributed by atoms with E-state index in [-0.39, 0.29) is 12.2 Å². The molecule has 2 atom stereocenters. The average molecular weight is 410 g/mol. The van der Waals surface area contributed by atoms with Crippen molar-refractivity contribution in [2.24, 2.45) is 4.99 Å². The van der Waals surface area contributed by atoms with E-state index in [0.717, 1.165) is 56.4 Å². The van der Waals surface area contributed by atoms with Gasteiger partial charge in [-0.15, -0.1) is 0 Å². The van der Waals surface area contributed by atoms with Gasteiger partial charge in [0.05, 0.1) is 18.8 Å². The van der Waals surface area contributed by atoms with Gasteiger partial charge in [-0.25, -0.2) is 9.98 Å². The summed E-state index contributed by atoms with van der Waals surface area (Å²) in [4.78, 5) is 11.7. The molecular formula is C24H35N5O. The molecule has 1 aliphatic rings. The zero-order valence-corrected chi connectivity index (χ0v) is 18.5. The molecule has 0 amide bonds. The van der Waals surface area contributed by atoms with Gasteiger partial charge in [-0.05, 0) is 50.8 Å². The number of pyridine rings is 1. The minimum Gasteiger partial charge on any atom is -0.372 e. The van der Waals surface area contributed by atoms with E-state index < -0.39 is 0 Å². The van der Waals surface area contributed by atoms with E-state index in [9.17, 15) is 0 Å². The van der Waals surface area contributed by atoms with E-state index >= 15 is 0 Å². The number of rotatable bonds is 8. The van der Waals surface area contributed by atoms with Crippen molar-refractivity contribution in [3.63, 3.8) is 0 Å². The Morgan fingerprint density at radius 1 is 1.07 bits per heavy atom. The number of nitrogens with one attached hydrogen (secondary N) is 2. The van der Waals surface area contributed by atoms with E-state index in [1.165, 1.54) is 5.56 Å². The lowest BCUT2D eigenvalue weighted by molar-refractivity contribution is -0.00545. The molecule has 1 fully saturated rings. The normalized spacial score (nSPS) is 19.6. The smallest absolute Gasteiger partial charge is 0.191 e. The van der Waals surface area contributed by atoms with Crippen molar-refractivity contribution < 1.29 is 4.74 Å². The lowest BCUT2D eigenvalue weighted by Gasteiger charge is -2.36. The monoisotopic (exact) mass is 409 g/mol. The molecule has 1 aromatic heterocycles. The van der Waals surface area contributed by atoms with Crippen LogP contribution in [0.1, 0.15) is 38.3 Å². The maximum atomic E-state index is 5.81. The van der Waals surface area contributed by atoms with Crippen LogP contribution >= 0.6 is 0 Å². The van der Waals surface area contributed by atoms with Crippen LogP contribution in [0, 0.1) is 0 Å². The summed E-state index contributed by atoms with van der Waals surface area (Å²) in [6, 6.07) is 14.8. The molecule has 2 N–H and O–H groups in total. The number of guanidine groups is 1. The first-order chi connectivity index (χ1) is 14.6. The second-order valence-corrected chi connectivity index (χ2v) is 7.90. The van der Waals surface area contributed by atoms with Crippen LogP contribution in [0.4, 0.5) is 5.82 Å². The van der Waals surface area contributed by atoms with Crippen molar-refractivity contribution >= 4 is 11.8 Å². The third-order valence-electron chi connectivity index (χ3n) is 5.09. The van der Waals surface area contributed by atoms with Gasteiger partial charge in [0, 0.05) is 32.4 Å². The van der Waals surface area contributed by atoms with Crippen molar-refractivity contribution in [2.75, 3.05) is 31.1 Å². The quantitative estimate of drug-likeness (QED) is 0.398. The molecule has 6 heteroatoms. The van der Waals surface area contributed by atoms with E-state index in [0.29, 0.717) is 6.54 Å². The fraction of sp³-hybridized carbons (Fsp3) is 0.500. The molecule has 3 rings (SSSR count). The maximum Gasteiger partial charge on any atom is 0.191 e. The standard InChI is InChI=1S/C24H35N5O/c1-4-25-24(26-14-8-11-21-9-6-5-7-10-21)28-16-22-12-13-23(27-15-22)29-17-19(2)30-20(3)18-29/h5-7,9-10,12-13,15,19-20H,4,8,11,14,16-18H2,1-3H3,(H2,25,26,28). The van der Waals surface area contributed by atoms with Crippen molar-refractivity contribution in [1.29, 1.82) is 0 Å². The second kappa shape index (κ2) is 11.6. The summed E-state index contributed by atoms with van der Waals surface area (Å²) >= 11 is 0. The Bertz CT molecular complexity index is 768. The number of aliphatic imine (C=N–C) groups is 1. The van der Waals surface area contributed by atoms with Gasteiger partial charge < -0.3 is 20.3 Å². The number of ether oxygens (including phenoxy) is 1. The van der Waals surface area contributed by atoms with E-state index in [2.05, 4.69) is 83.8 Å². The molecule has 0 saturated carbocycles. The highest BCUT2D eigenvalue weighted by molar-refractivity contribution is 5.79. The van der Waals surface area contributed by atoms with Crippen LogP contribution in [-0.4, -0.2) is 49.3 Å². The highest BCUT2D eigenvalue weighted by Crippen LogP contribution is 2.18. The molecule has 0 aliphatic carbocycles. The van der Waals surface area contributed by atoms with Gasteiger partial charge >= 0.3 is 0 Å². The lowest BCUT2D eigenvalue weighted by atomic mass is 10.1. The van der Waals surface area contributed by atoms with E-state index in [4.69, 9.17) is 9.73 Å². The molecular weight excluding hydrogens is 374 g/mol. The van der Waals surface area contributed by atoms with Crippen LogP contribution in [0.15, 0.2) is 53.7 Å². The SMILES string of the molecule is CCNC(=NCc1ccc(N2CC(C)OC(C)C2)nc1)NCCCc1ccccc1. The molecule has 1 saturated heterocycles. The van der Waals surface area contributed by atoms with Crippen LogP contribution in [0.3, 0.4) is 0 Å². The number of nitrogens with zero attached hydrogens (tertiary/aromatic N) is 3. The van der Waals surface area contributed by atoms with Crippen LogP contribution in [-0.2, 0) is 17.7 Å². The van der Waals surface area contributed by atoms with Crippen molar-refractivity contribution in [3.8, 4) is 0 Å². The molecule has 1 aromatic carbocycles. The van der Waals surface area contributed by atoms with Crippen molar-refractivity contribution in [3.05, 3.63) is 59.8 Å². The molecule has 2 heterocycles. The zero-order valence-electron chi connectivity index (χ0n) is 18.5. The Kier molecular flexibility index (Phi) is 8.51. The topological polar surface area (TPSA) is 61.8 Å². The largest absolute Gasteiger partial charge is 0.372 e. The Morgan fingerprint density at radius 2 is 1.83 bits per heavy atom. The molecule has 2 unspecified atom stereocenters. The van der Waals surface area contributed by atoms with Gasteiger partial charge in [-0.2, -0.15) is 0 Å². The molecule has 6 nitrogen and oxygen atoms in total.